The van der Waals surface area contributed by atoms with Gasteiger partial charge in [0.2, 0.25) is 0 Å². The van der Waals surface area contributed by atoms with Gasteiger partial charge in [-0.2, -0.15) is 8.78 Å². The van der Waals surface area contributed by atoms with E-state index in [9.17, 15) is 18.4 Å². The topological polar surface area (TPSA) is 78.9 Å². The molecule has 0 radical (unpaired) electrons. The molecule has 0 spiro atoms. The molecule has 1 aliphatic heterocycles. The first-order chi connectivity index (χ1) is 10.3. The molecule has 1 atom stereocenters. The van der Waals surface area contributed by atoms with Gasteiger partial charge in [0.25, 0.3) is 0 Å². The number of carboxylic acids is 1. The van der Waals surface area contributed by atoms with Crippen LogP contribution < -0.4 is 10.1 Å². The second-order valence-corrected chi connectivity index (χ2v) is 5.37. The number of nitrogens with one attached hydrogen (secondary N) is 1. The van der Waals surface area contributed by atoms with Crippen LogP contribution in [0.3, 0.4) is 0 Å². The molecule has 6 nitrogen and oxygen atoms in total. The van der Waals surface area contributed by atoms with Crippen LogP contribution in [-0.2, 0) is 4.79 Å². The Morgan fingerprint density at radius 1 is 1.45 bits per heavy atom. The molecule has 1 saturated heterocycles. The number of carbonyl (C=O) groups excluding carboxylic acids is 1. The maximum atomic E-state index is 12.1. The van der Waals surface area contributed by atoms with Gasteiger partial charge in [-0.1, -0.05) is 6.07 Å². The number of rotatable bonds is 4. The SMILES string of the molecule is CC1(C(=O)O)CCN(C(=O)Nc2cccc(OC(F)F)c2)C1. The first kappa shape index (κ1) is 16.0. The Hall–Kier alpha value is -2.38. The molecule has 1 aromatic carbocycles. The minimum absolute atomic E-state index is 0.0652. The van der Waals surface area contributed by atoms with Crippen molar-refractivity contribution in [2.45, 2.75) is 20.0 Å². The smallest absolute Gasteiger partial charge is 0.387 e. The fraction of sp³-hybridized carbons (Fsp3) is 0.429. The Balaban J connectivity index is 2.00. The van der Waals surface area contributed by atoms with Gasteiger partial charge in [0.1, 0.15) is 5.75 Å². The highest BCUT2D eigenvalue weighted by Crippen LogP contribution is 2.30. The van der Waals surface area contributed by atoms with E-state index in [1.54, 1.807) is 6.92 Å². The lowest BCUT2D eigenvalue weighted by Crippen LogP contribution is -2.37. The summed E-state index contributed by atoms with van der Waals surface area (Å²) < 4.78 is 28.5. The molecular weight excluding hydrogens is 298 g/mol. The van der Waals surface area contributed by atoms with Gasteiger partial charge >= 0.3 is 18.6 Å². The summed E-state index contributed by atoms with van der Waals surface area (Å²) in [5, 5.41) is 11.7. The molecule has 1 aromatic rings. The number of carboxylic acid groups (broad SMARTS) is 1. The zero-order chi connectivity index (χ0) is 16.3. The number of ether oxygens (including phenoxy) is 1. The van der Waals surface area contributed by atoms with Crippen LogP contribution in [-0.4, -0.2) is 41.7 Å². The van der Waals surface area contributed by atoms with Crippen molar-refractivity contribution in [1.29, 1.82) is 0 Å². The Morgan fingerprint density at radius 2 is 2.18 bits per heavy atom. The number of anilines is 1. The van der Waals surface area contributed by atoms with Crippen LogP contribution in [0.1, 0.15) is 13.3 Å². The van der Waals surface area contributed by atoms with Crippen LogP contribution in [0.15, 0.2) is 24.3 Å². The van der Waals surface area contributed by atoms with E-state index in [1.807, 2.05) is 0 Å². The van der Waals surface area contributed by atoms with Gasteiger partial charge in [0.15, 0.2) is 0 Å². The Morgan fingerprint density at radius 3 is 2.77 bits per heavy atom. The van der Waals surface area contributed by atoms with E-state index in [2.05, 4.69) is 10.1 Å². The summed E-state index contributed by atoms with van der Waals surface area (Å²) >= 11 is 0. The summed E-state index contributed by atoms with van der Waals surface area (Å²) in [7, 11) is 0. The summed E-state index contributed by atoms with van der Waals surface area (Å²) in [5.41, 5.74) is -0.662. The molecule has 0 bridgehead atoms. The number of carbonyl (C=O) groups is 2. The molecule has 1 aliphatic rings. The quantitative estimate of drug-likeness (QED) is 0.895. The Bertz CT molecular complexity index is 582. The number of halogens is 2. The average molecular weight is 314 g/mol. The number of hydrogen-bond acceptors (Lipinski definition) is 3. The largest absolute Gasteiger partial charge is 0.481 e. The fourth-order valence-electron chi connectivity index (χ4n) is 2.26. The molecule has 0 aliphatic carbocycles. The monoisotopic (exact) mass is 314 g/mol. The van der Waals surface area contributed by atoms with Crippen LogP contribution in [0.4, 0.5) is 19.3 Å². The highest BCUT2D eigenvalue weighted by atomic mass is 19.3. The predicted octanol–water partition coefficient (Wildman–Crippen LogP) is 2.62. The third-order valence-corrected chi connectivity index (χ3v) is 3.59. The van der Waals surface area contributed by atoms with Crippen molar-refractivity contribution in [2.75, 3.05) is 18.4 Å². The van der Waals surface area contributed by atoms with Gasteiger partial charge in [0, 0.05) is 24.8 Å². The zero-order valence-corrected chi connectivity index (χ0v) is 11.9. The maximum absolute atomic E-state index is 12.1. The van der Waals surface area contributed by atoms with E-state index in [-0.39, 0.29) is 12.3 Å². The summed E-state index contributed by atoms with van der Waals surface area (Å²) in [5.74, 6) is -1.01. The molecule has 1 unspecified atom stereocenters. The molecule has 22 heavy (non-hydrogen) atoms. The van der Waals surface area contributed by atoms with E-state index in [4.69, 9.17) is 5.11 Å². The molecule has 1 fully saturated rings. The van der Waals surface area contributed by atoms with Crippen molar-refractivity contribution in [3.63, 3.8) is 0 Å². The number of hydrogen-bond donors (Lipinski definition) is 2. The molecular formula is C14H16F2N2O4. The number of aliphatic carboxylic acids is 1. The van der Waals surface area contributed by atoms with Gasteiger partial charge in [-0.05, 0) is 25.5 Å². The number of alkyl halides is 2. The lowest BCUT2D eigenvalue weighted by Gasteiger charge is -2.20. The summed E-state index contributed by atoms with van der Waals surface area (Å²) in [6, 6.07) is 5.15. The normalized spacial score (nSPS) is 21.0. The van der Waals surface area contributed by atoms with E-state index < -0.39 is 24.0 Å². The van der Waals surface area contributed by atoms with E-state index >= 15 is 0 Å². The summed E-state index contributed by atoms with van der Waals surface area (Å²) in [6.45, 7) is -0.941. The molecule has 0 aromatic heterocycles. The molecule has 2 amide bonds. The standard InChI is InChI=1S/C14H16F2N2O4/c1-14(11(19)20)5-6-18(8-14)13(21)17-9-3-2-4-10(7-9)22-12(15)16/h2-4,7,12H,5-6,8H2,1H3,(H,17,21)(H,19,20). The molecule has 120 valence electrons. The molecule has 2 rings (SSSR count). The molecule has 2 N–H and O–H groups in total. The van der Waals surface area contributed by atoms with Crippen molar-refractivity contribution in [3.8, 4) is 5.75 Å². The third-order valence-electron chi connectivity index (χ3n) is 3.59. The van der Waals surface area contributed by atoms with Gasteiger partial charge in [-0.15, -0.1) is 0 Å². The first-order valence-electron chi connectivity index (χ1n) is 6.64. The van der Waals surface area contributed by atoms with Crippen LogP contribution in [0.5, 0.6) is 5.75 Å². The minimum Gasteiger partial charge on any atom is -0.481 e. The van der Waals surface area contributed by atoms with E-state index in [0.717, 1.165) is 0 Å². The van der Waals surface area contributed by atoms with Gasteiger partial charge in [-0.25, -0.2) is 4.79 Å². The third kappa shape index (κ3) is 3.63. The fourth-order valence-corrected chi connectivity index (χ4v) is 2.26. The second-order valence-electron chi connectivity index (χ2n) is 5.37. The van der Waals surface area contributed by atoms with Crippen LogP contribution >= 0.6 is 0 Å². The van der Waals surface area contributed by atoms with Crippen LogP contribution in [0.25, 0.3) is 0 Å². The van der Waals surface area contributed by atoms with Gasteiger partial charge < -0.3 is 20.1 Å². The molecule has 1 heterocycles. The number of urea groups is 1. The lowest BCUT2D eigenvalue weighted by molar-refractivity contribution is -0.146. The van der Waals surface area contributed by atoms with Crippen molar-refractivity contribution in [2.24, 2.45) is 5.41 Å². The highest BCUT2D eigenvalue weighted by molar-refractivity contribution is 5.90. The van der Waals surface area contributed by atoms with Crippen molar-refractivity contribution in [3.05, 3.63) is 24.3 Å². The van der Waals surface area contributed by atoms with E-state index in [0.29, 0.717) is 18.7 Å². The number of amides is 2. The zero-order valence-electron chi connectivity index (χ0n) is 11.9. The highest BCUT2D eigenvalue weighted by Gasteiger charge is 2.42. The Labute approximate surface area is 125 Å². The van der Waals surface area contributed by atoms with Crippen molar-refractivity contribution >= 4 is 17.7 Å². The van der Waals surface area contributed by atoms with Crippen molar-refractivity contribution < 1.29 is 28.2 Å². The molecule has 0 saturated carbocycles. The predicted molar refractivity (Wildman–Crippen MR) is 74.0 cm³/mol. The van der Waals surface area contributed by atoms with E-state index in [1.165, 1.54) is 29.2 Å². The van der Waals surface area contributed by atoms with Gasteiger partial charge in [0.05, 0.1) is 5.41 Å². The second kappa shape index (κ2) is 6.17. The molecule has 8 heteroatoms. The Kier molecular flexibility index (Phi) is 4.48. The summed E-state index contributed by atoms with van der Waals surface area (Å²) in [4.78, 5) is 24.6. The number of nitrogens with zero attached hydrogens (tertiary/aromatic N) is 1. The van der Waals surface area contributed by atoms with Crippen LogP contribution in [0.2, 0.25) is 0 Å². The van der Waals surface area contributed by atoms with Crippen molar-refractivity contribution in [1.82, 2.24) is 4.90 Å². The minimum atomic E-state index is -2.94. The number of likely N-dealkylation sites (tertiary alicyclic amines) is 1. The van der Waals surface area contributed by atoms with Crippen LogP contribution in [0, 0.1) is 5.41 Å². The first-order valence-corrected chi connectivity index (χ1v) is 6.64. The van der Waals surface area contributed by atoms with Gasteiger partial charge in [-0.3, -0.25) is 4.79 Å². The summed E-state index contributed by atoms with van der Waals surface area (Å²) in [6.07, 6.45) is 0.365. The average Bonchev–Trinajstić information content (AvgIpc) is 2.82. The maximum Gasteiger partial charge on any atom is 0.387 e. The number of benzene rings is 1. The lowest BCUT2D eigenvalue weighted by atomic mass is 9.90.